The number of carbonyl (C=O) groups is 2. The Morgan fingerprint density at radius 1 is 1.10 bits per heavy atom. The average molecular weight is 679 g/mol. The quantitative estimate of drug-likeness (QED) is 0.128. The van der Waals surface area contributed by atoms with Crippen LogP contribution in [-0.4, -0.2) is 67.8 Å². The van der Waals surface area contributed by atoms with Crippen LogP contribution in [0.5, 0.6) is 0 Å². The highest BCUT2D eigenvalue weighted by Crippen LogP contribution is 2.32. The zero-order valence-corrected chi connectivity index (χ0v) is 29.6. The summed E-state index contributed by atoms with van der Waals surface area (Å²) in [7, 11) is 5.86. The van der Waals surface area contributed by atoms with Gasteiger partial charge in [0.25, 0.3) is 11.8 Å². The number of pyridine rings is 1. The van der Waals surface area contributed by atoms with Crippen LogP contribution >= 0.6 is 11.3 Å². The fraction of sp³-hybridized carbons (Fsp3) is 0.405. The molecule has 48 heavy (non-hydrogen) atoms. The molecule has 2 N–H and O–H groups in total. The lowest BCUT2D eigenvalue weighted by Gasteiger charge is -2.16. The number of hydrogen-bond acceptors (Lipinski definition) is 8. The summed E-state index contributed by atoms with van der Waals surface area (Å²) in [6.45, 7) is 7.68. The molecule has 1 aliphatic rings. The van der Waals surface area contributed by atoms with Crippen molar-refractivity contribution in [3.05, 3.63) is 111 Å². The van der Waals surface area contributed by atoms with Crippen LogP contribution in [0.3, 0.4) is 0 Å². The number of likely N-dealkylation sites (tertiary alicyclic amines) is 1. The van der Waals surface area contributed by atoms with Crippen LogP contribution in [0, 0.1) is 13.8 Å². The van der Waals surface area contributed by atoms with E-state index in [1.54, 1.807) is 35.7 Å². The van der Waals surface area contributed by atoms with Gasteiger partial charge in [0.15, 0.2) is 0 Å². The minimum atomic E-state index is -2.92. The van der Waals surface area contributed by atoms with Gasteiger partial charge in [-0.15, -0.1) is 11.3 Å². The summed E-state index contributed by atoms with van der Waals surface area (Å²) in [6.07, 6.45) is 6.69. The van der Waals surface area contributed by atoms with Gasteiger partial charge in [0.1, 0.15) is 11.3 Å². The second kappa shape index (κ2) is 19.1. The first-order chi connectivity index (χ1) is 22.9. The molecule has 2 aromatic carbocycles. The summed E-state index contributed by atoms with van der Waals surface area (Å²) in [6, 6.07) is 17.3. The SMILES string of the molecule is CN(C)c1cc(C=O)cc(C(=O)NCCCNCc2cncc(C(C)(F)F)c2)c1.Cc1ccccc1.Cc1csc(C2CCCN2C)n1. The summed E-state index contributed by atoms with van der Waals surface area (Å²) < 4.78 is 26.7. The van der Waals surface area contributed by atoms with Gasteiger partial charge >= 0.3 is 0 Å². The Morgan fingerprint density at radius 2 is 1.85 bits per heavy atom. The molecule has 1 unspecified atom stereocenters. The molecule has 0 saturated carbocycles. The Morgan fingerprint density at radius 3 is 2.42 bits per heavy atom. The molecular formula is C37H48F2N6O2S. The molecule has 1 atom stereocenters. The first-order valence-electron chi connectivity index (χ1n) is 16.1. The molecule has 8 nitrogen and oxygen atoms in total. The minimum absolute atomic E-state index is 0.112. The molecule has 3 heterocycles. The summed E-state index contributed by atoms with van der Waals surface area (Å²) in [5.41, 5.74) is 4.69. The van der Waals surface area contributed by atoms with Gasteiger partial charge in [0, 0.05) is 80.0 Å². The topological polar surface area (TPSA) is 90.5 Å². The molecular weight excluding hydrogens is 631 g/mol. The standard InChI is InChI=1S/C21H26F2N4O2.C9H14N2S.C7H8/c1-21(22,23)18-8-16(12-25-13-18)11-24-5-4-6-26-20(29)17-7-15(14-28)9-19(10-17)27(2)3;1-7-6-12-9(10-7)8-4-3-5-11(8)2;1-7-5-3-2-4-6-7/h7-10,12-14,24H,4-6,11H2,1-3H3,(H,26,29);6,8H,3-5H2,1-2H3;2-6H,1H3. The Kier molecular flexibility index (Phi) is 15.2. The number of nitrogens with zero attached hydrogens (tertiary/aromatic N) is 4. The van der Waals surface area contributed by atoms with Crippen molar-refractivity contribution in [2.45, 2.75) is 58.5 Å². The second-order valence-electron chi connectivity index (χ2n) is 12.2. The highest BCUT2D eigenvalue weighted by molar-refractivity contribution is 7.09. The molecule has 0 spiro atoms. The van der Waals surface area contributed by atoms with Gasteiger partial charge in [0.05, 0.1) is 6.04 Å². The van der Waals surface area contributed by atoms with E-state index in [-0.39, 0.29) is 11.5 Å². The second-order valence-corrected chi connectivity index (χ2v) is 13.1. The van der Waals surface area contributed by atoms with Gasteiger partial charge in [-0.1, -0.05) is 35.9 Å². The molecule has 1 saturated heterocycles. The smallest absolute Gasteiger partial charge is 0.272 e. The molecule has 11 heteroatoms. The van der Waals surface area contributed by atoms with Gasteiger partial charge < -0.3 is 15.5 Å². The van der Waals surface area contributed by atoms with Crippen LogP contribution in [-0.2, 0) is 12.5 Å². The van der Waals surface area contributed by atoms with Crippen molar-refractivity contribution in [2.24, 2.45) is 0 Å². The maximum atomic E-state index is 13.3. The van der Waals surface area contributed by atoms with Crippen molar-refractivity contribution in [3.8, 4) is 0 Å². The number of anilines is 1. The third-order valence-corrected chi connectivity index (χ3v) is 8.75. The number of thiazole rings is 1. The Balaban J connectivity index is 0.000000264. The van der Waals surface area contributed by atoms with Gasteiger partial charge in [-0.3, -0.25) is 19.5 Å². The number of alkyl halides is 2. The number of halogens is 2. The van der Waals surface area contributed by atoms with Gasteiger partial charge in [-0.05, 0) is 83.1 Å². The highest BCUT2D eigenvalue weighted by Gasteiger charge is 2.25. The monoisotopic (exact) mass is 678 g/mol. The summed E-state index contributed by atoms with van der Waals surface area (Å²) in [5, 5.41) is 9.41. The molecule has 1 fully saturated rings. The molecule has 5 rings (SSSR count). The highest BCUT2D eigenvalue weighted by atomic mass is 32.1. The number of aryl methyl sites for hydroxylation is 2. The molecule has 1 aliphatic heterocycles. The lowest BCUT2D eigenvalue weighted by Crippen LogP contribution is -2.27. The predicted molar refractivity (Wildman–Crippen MR) is 191 cm³/mol. The Labute approximate surface area is 287 Å². The van der Waals surface area contributed by atoms with E-state index < -0.39 is 5.92 Å². The normalized spacial score (nSPS) is 14.3. The number of nitrogens with one attached hydrogen (secondary N) is 2. The number of aromatic nitrogens is 2. The number of aldehydes is 1. The minimum Gasteiger partial charge on any atom is -0.378 e. The van der Waals surface area contributed by atoms with Crippen molar-refractivity contribution in [1.82, 2.24) is 25.5 Å². The molecule has 258 valence electrons. The Hall–Kier alpha value is -4.06. The van der Waals surface area contributed by atoms with Gasteiger partial charge in [-0.25, -0.2) is 13.8 Å². The summed E-state index contributed by atoms with van der Waals surface area (Å²) in [5.74, 6) is -3.17. The van der Waals surface area contributed by atoms with E-state index in [1.165, 1.54) is 42.2 Å². The first kappa shape index (κ1) is 38.4. The van der Waals surface area contributed by atoms with E-state index >= 15 is 0 Å². The van der Waals surface area contributed by atoms with Crippen molar-refractivity contribution >= 4 is 29.2 Å². The van der Waals surface area contributed by atoms with Crippen LogP contribution in [0.4, 0.5) is 14.5 Å². The molecule has 4 aromatic rings. The number of amides is 1. The number of benzene rings is 2. The lowest BCUT2D eigenvalue weighted by molar-refractivity contribution is 0.0170. The lowest BCUT2D eigenvalue weighted by atomic mass is 10.1. The first-order valence-corrected chi connectivity index (χ1v) is 17.0. The van der Waals surface area contributed by atoms with Crippen LogP contribution in [0.2, 0.25) is 0 Å². The molecule has 1 amide bonds. The predicted octanol–water partition coefficient (Wildman–Crippen LogP) is 7.19. The average Bonchev–Trinajstić information content (AvgIpc) is 3.70. The van der Waals surface area contributed by atoms with Gasteiger partial charge in [0.2, 0.25) is 0 Å². The fourth-order valence-corrected chi connectivity index (χ4v) is 5.94. The zero-order valence-electron chi connectivity index (χ0n) is 28.8. The van der Waals surface area contributed by atoms with Crippen LogP contribution in [0.15, 0.2) is 72.4 Å². The summed E-state index contributed by atoms with van der Waals surface area (Å²) >= 11 is 1.80. The number of carbonyl (C=O) groups excluding carboxylic acids is 2. The van der Waals surface area contributed by atoms with Crippen molar-refractivity contribution in [2.75, 3.05) is 45.7 Å². The van der Waals surface area contributed by atoms with Crippen LogP contribution in [0.1, 0.15) is 80.3 Å². The number of rotatable bonds is 11. The molecule has 0 bridgehead atoms. The van der Waals surface area contributed by atoms with E-state index in [4.69, 9.17) is 0 Å². The van der Waals surface area contributed by atoms with E-state index in [1.807, 2.05) is 37.2 Å². The van der Waals surface area contributed by atoms with Crippen molar-refractivity contribution in [1.29, 1.82) is 0 Å². The van der Waals surface area contributed by atoms with Crippen LogP contribution in [0.25, 0.3) is 0 Å². The van der Waals surface area contributed by atoms with Crippen LogP contribution < -0.4 is 15.5 Å². The molecule has 2 aromatic heterocycles. The third kappa shape index (κ3) is 12.9. The summed E-state index contributed by atoms with van der Waals surface area (Å²) in [4.78, 5) is 36.0. The maximum Gasteiger partial charge on any atom is 0.272 e. The zero-order chi connectivity index (χ0) is 35.1. The third-order valence-electron chi connectivity index (χ3n) is 7.68. The van der Waals surface area contributed by atoms with E-state index in [0.29, 0.717) is 55.1 Å². The van der Waals surface area contributed by atoms with E-state index in [2.05, 4.69) is 63.9 Å². The molecule has 0 radical (unpaired) electrons. The largest absolute Gasteiger partial charge is 0.378 e. The van der Waals surface area contributed by atoms with Crippen molar-refractivity contribution in [3.63, 3.8) is 0 Å². The maximum absolute atomic E-state index is 13.3. The fourth-order valence-electron chi connectivity index (χ4n) is 4.95. The van der Waals surface area contributed by atoms with Crippen molar-refractivity contribution < 1.29 is 18.4 Å². The Bertz CT molecular complexity index is 1580. The van der Waals surface area contributed by atoms with E-state index in [9.17, 15) is 18.4 Å². The number of hydrogen-bond donors (Lipinski definition) is 2. The van der Waals surface area contributed by atoms with Gasteiger partial charge in [-0.2, -0.15) is 0 Å². The molecule has 0 aliphatic carbocycles. The van der Waals surface area contributed by atoms with E-state index in [0.717, 1.165) is 18.3 Å².